The number of rotatable bonds is 2. The predicted molar refractivity (Wildman–Crippen MR) is 102 cm³/mol. The van der Waals surface area contributed by atoms with Crippen LogP contribution in [0.5, 0.6) is 0 Å². The molecule has 0 bridgehead atoms. The Labute approximate surface area is 150 Å². The lowest BCUT2D eigenvalue weighted by Crippen LogP contribution is -2.13. The van der Waals surface area contributed by atoms with Crippen molar-refractivity contribution in [3.8, 4) is 0 Å². The van der Waals surface area contributed by atoms with E-state index in [0.29, 0.717) is 11.8 Å². The van der Waals surface area contributed by atoms with Gasteiger partial charge in [-0.1, -0.05) is 29.8 Å². The lowest BCUT2D eigenvalue weighted by molar-refractivity contribution is -0.110. The first-order valence-corrected chi connectivity index (χ1v) is 9.37. The number of nitrogens with one attached hydrogen (secondary N) is 2. The van der Waals surface area contributed by atoms with Gasteiger partial charge in [0.2, 0.25) is 0 Å². The van der Waals surface area contributed by atoms with Gasteiger partial charge in [0, 0.05) is 27.1 Å². The van der Waals surface area contributed by atoms with Crippen LogP contribution >= 0.6 is 15.9 Å². The fraction of sp³-hybridized carbons (Fsp3) is 0.350. The van der Waals surface area contributed by atoms with Crippen molar-refractivity contribution in [2.24, 2.45) is 5.92 Å². The molecular weight excluding hydrogens is 364 g/mol. The number of aromatic nitrogens is 1. The van der Waals surface area contributed by atoms with Gasteiger partial charge < -0.3 is 10.3 Å². The van der Waals surface area contributed by atoms with E-state index in [2.05, 4.69) is 46.1 Å². The number of carbonyl (C=O) groups is 1. The lowest BCUT2D eigenvalue weighted by atomic mass is 9.80. The number of halogens is 1. The third-order valence-electron chi connectivity index (χ3n) is 5.17. The quantitative estimate of drug-likeness (QED) is 0.673. The Morgan fingerprint density at radius 1 is 1.29 bits per heavy atom. The highest BCUT2D eigenvalue weighted by molar-refractivity contribution is 9.10. The number of fused-ring (bicyclic) bond motifs is 2. The smallest absolute Gasteiger partial charge is 0.256 e. The van der Waals surface area contributed by atoms with Crippen molar-refractivity contribution in [1.29, 1.82) is 0 Å². The molecule has 0 radical (unpaired) electrons. The summed E-state index contributed by atoms with van der Waals surface area (Å²) in [5.41, 5.74) is 6.39. The van der Waals surface area contributed by atoms with Crippen molar-refractivity contribution in [2.45, 2.75) is 39.0 Å². The van der Waals surface area contributed by atoms with Crippen LogP contribution < -0.4 is 5.32 Å². The second kappa shape index (κ2) is 5.92. The molecule has 1 unspecified atom stereocenters. The number of H-pyrrole nitrogens is 1. The average Bonchev–Trinajstić information content (AvgIpc) is 3.08. The molecule has 1 aliphatic heterocycles. The van der Waals surface area contributed by atoms with Gasteiger partial charge in [-0.05, 0) is 67.0 Å². The van der Waals surface area contributed by atoms with Crippen LogP contribution in [0.2, 0.25) is 0 Å². The van der Waals surface area contributed by atoms with E-state index in [1.165, 1.54) is 24.1 Å². The van der Waals surface area contributed by atoms with E-state index in [9.17, 15) is 4.79 Å². The molecule has 2 heterocycles. The Morgan fingerprint density at radius 3 is 2.92 bits per heavy atom. The molecule has 124 valence electrons. The highest BCUT2D eigenvalue weighted by atomic mass is 79.9. The molecule has 1 aromatic heterocycles. The SMILES string of the molecule is CC(C)C1CCCc2[nH]c(C=C3C(=O)Nc4ccc(Br)cc43)cc21. The maximum atomic E-state index is 12.4. The summed E-state index contributed by atoms with van der Waals surface area (Å²) in [4.78, 5) is 15.9. The van der Waals surface area contributed by atoms with Crippen LogP contribution in [0.15, 0.2) is 28.7 Å². The first kappa shape index (κ1) is 15.7. The molecule has 0 saturated carbocycles. The minimum Gasteiger partial charge on any atom is -0.359 e. The molecule has 1 amide bonds. The molecular formula is C20H21BrN2O. The molecule has 4 heteroatoms. The highest BCUT2D eigenvalue weighted by Crippen LogP contribution is 2.39. The number of hydrogen-bond acceptors (Lipinski definition) is 1. The number of aryl methyl sites for hydroxylation is 1. The number of aromatic amines is 1. The van der Waals surface area contributed by atoms with Crippen LogP contribution in [0.1, 0.15) is 55.1 Å². The van der Waals surface area contributed by atoms with E-state index < -0.39 is 0 Å². The van der Waals surface area contributed by atoms with Crippen LogP contribution in [0, 0.1) is 5.92 Å². The van der Waals surface area contributed by atoms with E-state index in [1.807, 2.05) is 24.3 Å². The van der Waals surface area contributed by atoms with Crippen LogP contribution in [0.4, 0.5) is 5.69 Å². The molecule has 4 rings (SSSR count). The molecule has 1 atom stereocenters. The Bertz CT molecular complexity index is 847. The van der Waals surface area contributed by atoms with E-state index in [-0.39, 0.29) is 5.91 Å². The van der Waals surface area contributed by atoms with Gasteiger partial charge in [-0.2, -0.15) is 0 Å². The Kier molecular flexibility index (Phi) is 3.87. The average molecular weight is 385 g/mol. The normalized spacial score (nSPS) is 21.1. The van der Waals surface area contributed by atoms with E-state index in [4.69, 9.17) is 0 Å². The lowest BCUT2D eigenvalue weighted by Gasteiger charge is -2.25. The van der Waals surface area contributed by atoms with Gasteiger partial charge in [-0.3, -0.25) is 4.79 Å². The van der Waals surface area contributed by atoms with Gasteiger partial charge in [-0.15, -0.1) is 0 Å². The van der Waals surface area contributed by atoms with Gasteiger partial charge >= 0.3 is 0 Å². The van der Waals surface area contributed by atoms with Crippen molar-refractivity contribution in [3.63, 3.8) is 0 Å². The van der Waals surface area contributed by atoms with Crippen molar-refractivity contribution >= 4 is 39.2 Å². The summed E-state index contributed by atoms with van der Waals surface area (Å²) < 4.78 is 0.981. The molecule has 2 aromatic rings. The van der Waals surface area contributed by atoms with Crippen LogP contribution in [-0.4, -0.2) is 10.9 Å². The zero-order valence-electron chi connectivity index (χ0n) is 13.9. The Hall–Kier alpha value is -1.81. The predicted octanol–water partition coefficient (Wildman–Crippen LogP) is 5.35. The number of hydrogen-bond donors (Lipinski definition) is 2. The van der Waals surface area contributed by atoms with E-state index >= 15 is 0 Å². The second-order valence-electron chi connectivity index (χ2n) is 7.10. The number of anilines is 1. The van der Waals surface area contributed by atoms with Crippen LogP contribution in [0.25, 0.3) is 11.6 Å². The van der Waals surface area contributed by atoms with Crippen LogP contribution in [-0.2, 0) is 11.2 Å². The molecule has 0 saturated heterocycles. The van der Waals surface area contributed by atoms with Crippen molar-refractivity contribution in [2.75, 3.05) is 5.32 Å². The Balaban J connectivity index is 1.75. The summed E-state index contributed by atoms with van der Waals surface area (Å²) in [6, 6.07) is 8.13. The van der Waals surface area contributed by atoms with Gasteiger partial charge in [-0.25, -0.2) is 0 Å². The monoisotopic (exact) mass is 384 g/mol. The Morgan fingerprint density at radius 2 is 2.12 bits per heavy atom. The van der Waals surface area contributed by atoms with Gasteiger partial charge in [0.1, 0.15) is 0 Å². The van der Waals surface area contributed by atoms with Gasteiger partial charge in [0.25, 0.3) is 5.91 Å². The van der Waals surface area contributed by atoms with Gasteiger partial charge in [0.15, 0.2) is 0 Å². The molecule has 2 aliphatic rings. The van der Waals surface area contributed by atoms with E-state index in [0.717, 1.165) is 33.4 Å². The largest absolute Gasteiger partial charge is 0.359 e. The molecule has 1 aliphatic carbocycles. The second-order valence-corrected chi connectivity index (χ2v) is 8.02. The summed E-state index contributed by atoms with van der Waals surface area (Å²) >= 11 is 3.49. The molecule has 2 N–H and O–H groups in total. The zero-order valence-corrected chi connectivity index (χ0v) is 15.5. The summed E-state index contributed by atoms with van der Waals surface area (Å²) in [5, 5.41) is 2.94. The fourth-order valence-electron chi connectivity index (χ4n) is 3.96. The minimum absolute atomic E-state index is 0.0314. The molecule has 1 aromatic carbocycles. The third-order valence-corrected chi connectivity index (χ3v) is 5.66. The summed E-state index contributed by atoms with van der Waals surface area (Å²) in [7, 11) is 0. The van der Waals surface area contributed by atoms with Gasteiger partial charge in [0.05, 0.1) is 5.57 Å². The maximum absolute atomic E-state index is 12.4. The fourth-order valence-corrected chi connectivity index (χ4v) is 4.32. The first-order valence-electron chi connectivity index (χ1n) is 8.57. The third kappa shape index (κ3) is 2.63. The molecule has 0 spiro atoms. The van der Waals surface area contributed by atoms with Crippen molar-refractivity contribution < 1.29 is 4.79 Å². The number of carbonyl (C=O) groups excluding carboxylic acids is 1. The van der Waals surface area contributed by atoms with E-state index in [1.54, 1.807) is 0 Å². The highest BCUT2D eigenvalue weighted by Gasteiger charge is 2.27. The summed E-state index contributed by atoms with van der Waals surface area (Å²) in [6.07, 6.45) is 5.59. The zero-order chi connectivity index (χ0) is 16.8. The number of amides is 1. The van der Waals surface area contributed by atoms with Crippen molar-refractivity contribution in [3.05, 3.63) is 51.3 Å². The molecule has 3 nitrogen and oxygen atoms in total. The molecule has 0 fully saturated rings. The first-order chi connectivity index (χ1) is 11.5. The standard InChI is InChI=1S/C20H21BrN2O/c1-11(2)14-4-3-5-18-16(14)9-13(22-18)10-17-15-8-12(21)6-7-19(15)23-20(17)24/h6-11,14,22H,3-5H2,1-2H3,(H,23,24). The minimum atomic E-state index is -0.0314. The van der Waals surface area contributed by atoms with Crippen LogP contribution in [0.3, 0.4) is 0 Å². The van der Waals surface area contributed by atoms with Crippen molar-refractivity contribution in [1.82, 2.24) is 4.98 Å². The maximum Gasteiger partial charge on any atom is 0.256 e. The number of benzene rings is 1. The topological polar surface area (TPSA) is 44.9 Å². The summed E-state index contributed by atoms with van der Waals surface area (Å²) in [6.45, 7) is 4.59. The summed E-state index contributed by atoms with van der Waals surface area (Å²) in [5.74, 6) is 1.24. The molecule has 24 heavy (non-hydrogen) atoms.